The predicted octanol–water partition coefficient (Wildman–Crippen LogP) is 1.01. The van der Waals surface area contributed by atoms with Crippen LogP contribution in [0.4, 0.5) is 5.13 Å². The highest BCUT2D eigenvalue weighted by Gasteiger charge is 2.03. The van der Waals surface area contributed by atoms with Gasteiger partial charge in [0.05, 0.1) is 5.69 Å². The average molecular weight is 171 g/mol. The van der Waals surface area contributed by atoms with Crippen molar-refractivity contribution < 1.29 is 0 Å². The van der Waals surface area contributed by atoms with E-state index in [1.165, 1.54) is 11.3 Å². The van der Waals surface area contributed by atoms with Crippen LogP contribution in [-0.4, -0.2) is 11.0 Å². The normalized spacial score (nSPS) is 13.3. The average Bonchev–Trinajstić information content (AvgIpc) is 2.35. The van der Waals surface area contributed by atoms with Crippen molar-refractivity contribution in [3.8, 4) is 0 Å². The van der Waals surface area contributed by atoms with Gasteiger partial charge in [0, 0.05) is 17.8 Å². The Morgan fingerprint density at radius 2 is 2.45 bits per heavy atom. The molecule has 0 radical (unpaired) electrons. The standard InChI is InChI=1S/C7H13N3S/c1-2-5(8)3-6-4-11-7(9)10-6/h4-5H,2-3,8H2,1H3,(H2,9,10). The second kappa shape index (κ2) is 3.69. The van der Waals surface area contributed by atoms with Gasteiger partial charge in [-0.25, -0.2) is 4.98 Å². The first-order chi connectivity index (χ1) is 5.22. The summed E-state index contributed by atoms with van der Waals surface area (Å²) in [7, 11) is 0. The van der Waals surface area contributed by atoms with Crippen LogP contribution in [-0.2, 0) is 6.42 Å². The Hall–Kier alpha value is -0.610. The fourth-order valence-electron chi connectivity index (χ4n) is 0.829. The van der Waals surface area contributed by atoms with Crippen molar-refractivity contribution in [1.29, 1.82) is 0 Å². The van der Waals surface area contributed by atoms with Crippen LogP contribution < -0.4 is 11.5 Å². The van der Waals surface area contributed by atoms with E-state index in [1.807, 2.05) is 5.38 Å². The molecule has 62 valence electrons. The summed E-state index contributed by atoms with van der Waals surface area (Å²) in [5.41, 5.74) is 12.2. The molecule has 0 aliphatic carbocycles. The van der Waals surface area contributed by atoms with Crippen LogP contribution in [0.2, 0.25) is 0 Å². The summed E-state index contributed by atoms with van der Waals surface area (Å²) in [6.07, 6.45) is 1.82. The number of nitrogens with two attached hydrogens (primary N) is 2. The summed E-state index contributed by atoms with van der Waals surface area (Å²) >= 11 is 1.47. The molecule has 0 amide bonds. The topological polar surface area (TPSA) is 64.9 Å². The summed E-state index contributed by atoms with van der Waals surface area (Å²) in [6, 6.07) is 0.219. The van der Waals surface area contributed by atoms with Gasteiger partial charge in [0.2, 0.25) is 0 Å². The van der Waals surface area contributed by atoms with Gasteiger partial charge in [-0.2, -0.15) is 0 Å². The van der Waals surface area contributed by atoms with Gasteiger partial charge in [-0.15, -0.1) is 11.3 Å². The summed E-state index contributed by atoms with van der Waals surface area (Å²) < 4.78 is 0. The molecule has 11 heavy (non-hydrogen) atoms. The second-order valence-electron chi connectivity index (χ2n) is 2.55. The molecule has 0 aromatic carbocycles. The van der Waals surface area contributed by atoms with E-state index in [0.717, 1.165) is 18.5 Å². The third-order valence-corrected chi connectivity index (χ3v) is 2.29. The Bertz CT molecular complexity index is 221. The molecule has 0 fully saturated rings. The first kappa shape index (κ1) is 8.49. The van der Waals surface area contributed by atoms with Crippen molar-refractivity contribution in [3.63, 3.8) is 0 Å². The van der Waals surface area contributed by atoms with E-state index in [2.05, 4.69) is 11.9 Å². The zero-order valence-corrected chi connectivity index (χ0v) is 7.40. The molecule has 0 saturated heterocycles. The Morgan fingerprint density at radius 1 is 1.73 bits per heavy atom. The van der Waals surface area contributed by atoms with Crippen molar-refractivity contribution in [2.24, 2.45) is 5.73 Å². The number of hydrogen-bond donors (Lipinski definition) is 2. The minimum absolute atomic E-state index is 0.219. The predicted molar refractivity (Wildman–Crippen MR) is 48.5 cm³/mol. The molecule has 1 aromatic rings. The maximum Gasteiger partial charge on any atom is 0.180 e. The summed E-state index contributed by atoms with van der Waals surface area (Å²) in [5, 5.41) is 2.59. The monoisotopic (exact) mass is 171 g/mol. The fraction of sp³-hybridized carbons (Fsp3) is 0.571. The molecular formula is C7H13N3S. The third-order valence-electron chi connectivity index (χ3n) is 1.57. The van der Waals surface area contributed by atoms with Crippen molar-refractivity contribution in [2.45, 2.75) is 25.8 Å². The van der Waals surface area contributed by atoms with Crippen LogP contribution in [0.1, 0.15) is 19.0 Å². The van der Waals surface area contributed by atoms with Crippen LogP contribution >= 0.6 is 11.3 Å². The van der Waals surface area contributed by atoms with E-state index < -0.39 is 0 Å². The SMILES string of the molecule is CCC(N)Cc1csc(N)n1. The number of nitrogens with zero attached hydrogens (tertiary/aromatic N) is 1. The highest BCUT2D eigenvalue weighted by molar-refractivity contribution is 7.13. The lowest BCUT2D eigenvalue weighted by molar-refractivity contribution is 0.639. The minimum atomic E-state index is 0.219. The number of thiazole rings is 1. The minimum Gasteiger partial charge on any atom is -0.375 e. The number of anilines is 1. The van der Waals surface area contributed by atoms with E-state index in [4.69, 9.17) is 11.5 Å². The molecule has 0 bridgehead atoms. The molecule has 3 nitrogen and oxygen atoms in total. The van der Waals surface area contributed by atoms with Gasteiger partial charge in [-0.3, -0.25) is 0 Å². The Kier molecular flexibility index (Phi) is 2.84. The molecule has 0 aliphatic rings. The van der Waals surface area contributed by atoms with Gasteiger partial charge in [-0.05, 0) is 6.42 Å². The first-order valence-corrected chi connectivity index (χ1v) is 4.55. The lowest BCUT2D eigenvalue weighted by atomic mass is 10.1. The summed E-state index contributed by atoms with van der Waals surface area (Å²) in [6.45, 7) is 2.07. The molecule has 4 N–H and O–H groups in total. The highest BCUT2D eigenvalue weighted by atomic mass is 32.1. The van der Waals surface area contributed by atoms with Crippen molar-refractivity contribution >= 4 is 16.5 Å². The van der Waals surface area contributed by atoms with Crippen LogP contribution in [0, 0.1) is 0 Å². The maximum absolute atomic E-state index is 5.74. The summed E-state index contributed by atoms with van der Waals surface area (Å²) in [5.74, 6) is 0. The van der Waals surface area contributed by atoms with Gasteiger partial charge in [0.25, 0.3) is 0 Å². The number of nitrogen functional groups attached to an aromatic ring is 1. The summed E-state index contributed by atoms with van der Waals surface area (Å²) in [4.78, 5) is 4.11. The molecule has 1 atom stereocenters. The van der Waals surface area contributed by atoms with Crippen molar-refractivity contribution in [3.05, 3.63) is 11.1 Å². The molecule has 0 saturated carbocycles. The highest BCUT2D eigenvalue weighted by Crippen LogP contribution is 2.12. The van der Waals surface area contributed by atoms with Crippen LogP contribution in [0.3, 0.4) is 0 Å². The van der Waals surface area contributed by atoms with E-state index in [-0.39, 0.29) is 6.04 Å². The molecule has 1 rings (SSSR count). The Morgan fingerprint density at radius 3 is 2.91 bits per heavy atom. The van der Waals surface area contributed by atoms with Crippen LogP contribution in [0.25, 0.3) is 0 Å². The first-order valence-electron chi connectivity index (χ1n) is 3.67. The van der Waals surface area contributed by atoms with Gasteiger partial charge in [-0.1, -0.05) is 6.92 Å². The van der Waals surface area contributed by atoms with E-state index in [9.17, 15) is 0 Å². The molecule has 4 heteroatoms. The van der Waals surface area contributed by atoms with Crippen LogP contribution in [0.15, 0.2) is 5.38 Å². The molecule has 0 spiro atoms. The molecule has 1 aromatic heterocycles. The fourth-order valence-corrected chi connectivity index (χ4v) is 1.41. The molecule has 1 unspecified atom stereocenters. The number of rotatable bonds is 3. The van der Waals surface area contributed by atoms with E-state index in [0.29, 0.717) is 5.13 Å². The van der Waals surface area contributed by atoms with Gasteiger partial charge >= 0.3 is 0 Å². The maximum atomic E-state index is 5.74. The Balaban J connectivity index is 2.50. The molecule has 0 aliphatic heterocycles. The lowest BCUT2D eigenvalue weighted by Gasteiger charge is -2.04. The van der Waals surface area contributed by atoms with E-state index in [1.54, 1.807) is 0 Å². The van der Waals surface area contributed by atoms with E-state index >= 15 is 0 Å². The quantitative estimate of drug-likeness (QED) is 0.713. The molecular weight excluding hydrogens is 158 g/mol. The Labute approximate surface area is 70.4 Å². The van der Waals surface area contributed by atoms with Gasteiger partial charge in [0.15, 0.2) is 5.13 Å². The zero-order valence-electron chi connectivity index (χ0n) is 6.58. The smallest absolute Gasteiger partial charge is 0.180 e. The van der Waals surface area contributed by atoms with Crippen molar-refractivity contribution in [2.75, 3.05) is 5.73 Å². The largest absolute Gasteiger partial charge is 0.375 e. The van der Waals surface area contributed by atoms with Crippen LogP contribution in [0.5, 0.6) is 0 Å². The molecule has 1 heterocycles. The number of hydrogen-bond acceptors (Lipinski definition) is 4. The third kappa shape index (κ3) is 2.48. The lowest BCUT2D eigenvalue weighted by Crippen LogP contribution is -2.21. The number of aromatic nitrogens is 1. The van der Waals surface area contributed by atoms with Gasteiger partial charge in [0.1, 0.15) is 0 Å². The van der Waals surface area contributed by atoms with Gasteiger partial charge < -0.3 is 11.5 Å². The second-order valence-corrected chi connectivity index (χ2v) is 3.44. The zero-order chi connectivity index (χ0) is 8.27. The van der Waals surface area contributed by atoms with Crippen molar-refractivity contribution in [1.82, 2.24) is 4.98 Å².